The fraction of sp³-hybridized carbons (Fsp3) is 0.700. The Morgan fingerprint density at radius 1 is 1.18 bits per heavy atom. The number of carbonyl (C=O) groups is 3. The molecule has 0 radical (unpaired) electrons. The van der Waals surface area contributed by atoms with E-state index in [1.807, 2.05) is 13.8 Å². The predicted molar refractivity (Wildman–Crippen MR) is 62.4 cm³/mol. The molecule has 17 heavy (non-hydrogen) atoms. The Hall–Kier alpha value is -1.63. The fourth-order valence-electron chi connectivity index (χ4n) is 1.31. The number of primary amides is 2. The summed E-state index contributed by atoms with van der Waals surface area (Å²) in [5.74, 6) is -1.71. The smallest absolute Gasteiger partial charge is 0.240 e. The average Bonchev–Trinajstić information content (AvgIpc) is 2.14. The van der Waals surface area contributed by atoms with Crippen LogP contribution in [0.3, 0.4) is 0 Å². The molecule has 0 saturated heterocycles. The summed E-state index contributed by atoms with van der Waals surface area (Å²) in [6.07, 6.45) is 0.156. The molecule has 7 nitrogen and oxygen atoms in total. The van der Waals surface area contributed by atoms with Crippen molar-refractivity contribution >= 4 is 17.7 Å². The monoisotopic (exact) mass is 244 g/mol. The van der Waals surface area contributed by atoms with Crippen molar-refractivity contribution in [2.24, 2.45) is 23.1 Å². The number of nitrogens with one attached hydrogen (secondary N) is 1. The van der Waals surface area contributed by atoms with Crippen LogP contribution in [0.1, 0.15) is 26.7 Å². The van der Waals surface area contributed by atoms with Crippen molar-refractivity contribution < 1.29 is 14.4 Å². The molecule has 0 aromatic rings. The van der Waals surface area contributed by atoms with Gasteiger partial charge in [0.2, 0.25) is 17.7 Å². The Labute approximate surface area is 100 Å². The summed E-state index contributed by atoms with van der Waals surface area (Å²) in [6, 6.07) is -1.83. The largest absolute Gasteiger partial charge is 0.370 e. The summed E-state index contributed by atoms with van der Waals surface area (Å²) in [5.41, 5.74) is 15.5. The Morgan fingerprint density at radius 3 is 2.06 bits per heavy atom. The highest BCUT2D eigenvalue weighted by Crippen LogP contribution is 2.04. The van der Waals surface area contributed by atoms with Crippen LogP contribution in [-0.2, 0) is 14.4 Å². The second-order valence-electron chi connectivity index (χ2n) is 4.37. The maximum atomic E-state index is 11.5. The topological polar surface area (TPSA) is 141 Å². The minimum absolute atomic E-state index is 0.195. The minimum Gasteiger partial charge on any atom is -0.370 e. The van der Waals surface area contributed by atoms with Crippen LogP contribution in [0.4, 0.5) is 0 Å². The highest BCUT2D eigenvalue weighted by Gasteiger charge is 2.23. The van der Waals surface area contributed by atoms with Crippen molar-refractivity contribution in [3.8, 4) is 0 Å². The Bertz CT molecular complexity index is 304. The molecule has 0 heterocycles. The number of rotatable bonds is 7. The van der Waals surface area contributed by atoms with Crippen molar-refractivity contribution in [2.45, 2.75) is 38.8 Å². The van der Waals surface area contributed by atoms with Gasteiger partial charge in [-0.1, -0.05) is 13.8 Å². The van der Waals surface area contributed by atoms with Crippen molar-refractivity contribution in [1.82, 2.24) is 5.32 Å². The molecule has 0 aliphatic rings. The van der Waals surface area contributed by atoms with Gasteiger partial charge < -0.3 is 22.5 Å². The van der Waals surface area contributed by atoms with E-state index in [4.69, 9.17) is 17.2 Å². The van der Waals surface area contributed by atoms with Gasteiger partial charge in [0.15, 0.2) is 0 Å². The molecule has 0 rings (SSSR count). The highest BCUT2D eigenvalue weighted by molar-refractivity contribution is 5.91. The van der Waals surface area contributed by atoms with E-state index in [2.05, 4.69) is 5.32 Å². The number of hydrogen-bond donors (Lipinski definition) is 4. The summed E-state index contributed by atoms with van der Waals surface area (Å²) in [7, 11) is 0. The molecule has 0 aromatic carbocycles. The number of amides is 3. The van der Waals surface area contributed by atoms with E-state index in [0.717, 1.165) is 0 Å². The van der Waals surface area contributed by atoms with Gasteiger partial charge in [0.1, 0.15) is 6.04 Å². The first-order chi connectivity index (χ1) is 7.73. The van der Waals surface area contributed by atoms with E-state index in [9.17, 15) is 14.4 Å². The van der Waals surface area contributed by atoms with Gasteiger partial charge >= 0.3 is 0 Å². The molecule has 3 amide bonds. The van der Waals surface area contributed by atoms with E-state index in [1.165, 1.54) is 0 Å². The SMILES string of the molecule is CC(C)C[C@H](NC(=O)[C@@H](N)CC(N)=O)C(N)=O. The van der Waals surface area contributed by atoms with Gasteiger partial charge in [0.25, 0.3) is 0 Å². The molecule has 2 atom stereocenters. The van der Waals surface area contributed by atoms with Gasteiger partial charge in [-0.05, 0) is 12.3 Å². The van der Waals surface area contributed by atoms with E-state index in [1.54, 1.807) is 0 Å². The Kier molecular flexibility index (Phi) is 6.19. The standard InChI is InChI=1S/C10H20N4O3/c1-5(2)3-7(9(13)16)14-10(17)6(11)4-8(12)15/h5-7H,3-4,11H2,1-2H3,(H2,12,15)(H2,13,16)(H,14,17)/t6-,7-/m0/s1. The van der Waals surface area contributed by atoms with Crippen LogP contribution in [0.15, 0.2) is 0 Å². The summed E-state index contributed by atoms with van der Waals surface area (Å²) in [5, 5.41) is 2.41. The fourth-order valence-corrected chi connectivity index (χ4v) is 1.31. The van der Waals surface area contributed by atoms with E-state index in [-0.39, 0.29) is 12.3 Å². The second kappa shape index (κ2) is 6.85. The van der Waals surface area contributed by atoms with Crippen molar-refractivity contribution in [1.29, 1.82) is 0 Å². The molecule has 98 valence electrons. The third-order valence-corrected chi connectivity index (χ3v) is 2.12. The molecule has 0 spiro atoms. The van der Waals surface area contributed by atoms with Gasteiger partial charge in [0, 0.05) is 0 Å². The summed E-state index contributed by atoms with van der Waals surface area (Å²) >= 11 is 0. The predicted octanol–water partition coefficient (Wildman–Crippen LogP) is -1.79. The zero-order valence-electron chi connectivity index (χ0n) is 10.1. The van der Waals surface area contributed by atoms with Crippen molar-refractivity contribution in [3.05, 3.63) is 0 Å². The Morgan fingerprint density at radius 2 is 1.71 bits per heavy atom. The number of carbonyl (C=O) groups excluding carboxylic acids is 3. The van der Waals surface area contributed by atoms with Gasteiger partial charge in [-0.25, -0.2) is 0 Å². The quantitative estimate of drug-likeness (QED) is 0.419. The maximum Gasteiger partial charge on any atom is 0.240 e. The van der Waals surface area contributed by atoms with Gasteiger partial charge in [-0.3, -0.25) is 14.4 Å². The second-order valence-corrected chi connectivity index (χ2v) is 4.37. The lowest BCUT2D eigenvalue weighted by molar-refractivity contribution is -0.129. The van der Waals surface area contributed by atoms with Gasteiger partial charge in [-0.2, -0.15) is 0 Å². The van der Waals surface area contributed by atoms with Crippen LogP contribution in [0.2, 0.25) is 0 Å². The lowest BCUT2D eigenvalue weighted by atomic mass is 10.0. The third kappa shape index (κ3) is 6.52. The van der Waals surface area contributed by atoms with Crippen molar-refractivity contribution in [2.75, 3.05) is 0 Å². The molecule has 0 aromatic heterocycles. The average molecular weight is 244 g/mol. The van der Waals surface area contributed by atoms with Crippen LogP contribution >= 0.6 is 0 Å². The summed E-state index contributed by atoms with van der Waals surface area (Å²) in [4.78, 5) is 33.2. The maximum absolute atomic E-state index is 11.5. The molecule has 0 fully saturated rings. The molecule has 0 saturated carbocycles. The first-order valence-electron chi connectivity index (χ1n) is 5.37. The van der Waals surface area contributed by atoms with Crippen molar-refractivity contribution in [3.63, 3.8) is 0 Å². The summed E-state index contributed by atoms with van der Waals surface area (Å²) in [6.45, 7) is 3.79. The molecule has 0 bridgehead atoms. The molecular weight excluding hydrogens is 224 g/mol. The minimum atomic E-state index is -1.05. The third-order valence-electron chi connectivity index (χ3n) is 2.12. The van der Waals surface area contributed by atoms with Crippen LogP contribution in [0.5, 0.6) is 0 Å². The number of hydrogen-bond acceptors (Lipinski definition) is 4. The van der Waals surface area contributed by atoms with E-state index in [0.29, 0.717) is 6.42 Å². The zero-order valence-corrected chi connectivity index (χ0v) is 10.1. The molecule has 0 aliphatic heterocycles. The van der Waals surface area contributed by atoms with Crippen LogP contribution in [0.25, 0.3) is 0 Å². The lowest BCUT2D eigenvalue weighted by Crippen LogP contribution is -2.51. The molecule has 7 N–H and O–H groups in total. The molecule has 0 unspecified atom stereocenters. The van der Waals surface area contributed by atoms with Crippen LogP contribution in [-0.4, -0.2) is 29.8 Å². The number of nitrogens with two attached hydrogens (primary N) is 3. The zero-order chi connectivity index (χ0) is 13.6. The van der Waals surface area contributed by atoms with Gasteiger partial charge in [-0.15, -0.1) is 0 Å². The van der Waals surface area contributed by atoms with E-state index >= 15 is 0 Å². The van der Waals surface area contributed by atoms with Crippen LogP contribution in [0, 0.1) is 5.92 Å². The first-order valence-corrected chi connectivity index (χ1v) is 5.37. The molecular formula is C10H20N4O3. The normalized spacial score (nSPS) is 14.1. The van der Waals surface area contributed by atoms with E-state index < -0.39 is 29.8 Å². The molecule has 7 heteroatoms. The molecule has 0 aliphatic carbocycles. The first kappa shape index (κ1) is 15.4. The lowest BCUT2D eigenvalue weighted by Gasteiger charge is -2.19. The summed E-state index contributed by atoms with van der Waals surface area (Å²) < 4.78 is 0. The van der Waals surface area contributed by atoms with Crippen LogP contribution < -0.4 is 22.5 Å². The Balaban J connectivity index is 4.39. The highest BCUT2D eigenvalue weighted by atomic mass is 16.2. The van der Waals surface area contributed by atoms with Gasteiger partial charge in [0.05, 0.1) is 12.5 Å².